The first-order valence-corrected chi connectivity index (χ1v) is 5.68. The molecule has 0 unspecified atom stereocenters. The average molecular weight is 231 g/mol. The SMILES string of the molecule is Cc1ccc(-n2c(=O)n3n(c2=O)CCC3)cc1. The first kappa shape index (κ1) is 10.1. The fourth-order valence-electron chi connectivity index (χ4n) is 2.24. The van der Waals surface area contributed by atoms with Gasteiger partial charge in [-0.05, 0) is 25.5 Å². The summed E-state index contributed by atoms with van der Waals surface area (Å²) in [4.78, 5) is 24.1. The summed E-state index contributed by atoms with van der Waals surface area (Å²) in [5, 5.41) is 0. The predicted molar refractivity (Wildman–Crippen MR) is 63.6 cm³/mol. The quantitative estimate of drug-likeness (QED) is 0.718. The Morgan fingerprint density at radius 1 is 0.941 bits per heavy atom. The minimum Gasteiger partial charge on any atom is -0.246 e. The number of rotatable bonds is 1. The number of aromatic nitrogens is 3. The van der Waals surface area contributed by atoms with Gasteiger partial charge in [0.05, 0.1) is 5.69 Å². The largest absolute Gasteiger partial charge is 0.351 e. The predicted octanol–water partition coefficient (Wildman–Crippen LogP) is 0.513. The van der Waals surface area contributed by atoms with Crippen molar-refractivity contribution in [2.75, 3.05) is 0 Å². The van der Waals surface area contributed by atoms with Crippen LogP contribution in [-0.4, -0.2) is 13.9 Å². The Hall–Kier alpha value is -2.04. The molecule has 1 aromatic carbocycles. The van der Waals surface area contributed by atoms with E-state index in [9.17, 15) is 9.59 Å². The van der Waals surface area contributed by atoms with Crippen LogP contribution in [-0.2, 0) is 13.1 Å². The average Bonchev–Trinajstić information content (AvgIpc) is 2.87. The van der Waals surface area contributed by atoms with E-state index in [1.807, 2.05) is 19.1 Å². The van der Waals surface area contributed by atoms with Gasteiger partial charge in [0.1, 0.15) is 0 Å². The second-order valence-corrected chi connectivity index (χ2v) is 4.34. The maximum Gasteiger partial charge on any atom is 0.351 e. The van der Waals surface area contributed by atoms with Gasteiger partial charge in [0.15, 0.2) is 0 Å². The standard InChI is InChI=1S/C12H13N3O2/c1-9-3-5-10(6-4-9)15-11(16)13-7-2-8-14(13)12(15)17/h3-6H,2,7-8H2,1H3. The zero-order valence-corrected chi connectivity index (χ0v) is 9.59. The van der Waals surface area contributed by atoms with Gasteiger partial charge >= 0.3 is 11.4 Å². The van der Waals surface area contributed by atoms with E-state index in [0.29, 0.717) is 18.8 Å². The van der Waals surface area contributed by atoms with E-state index in [1.54, 1.807) is 12.1 Å². The molecule has 88 valence electrons. The van der Waals surface area contributed by atoms with Gasteiger partial charge in [-0.3, -0.25) is 0 Å². The lowest BCUT2D eigenvalue weighted by molar-refractivity contribution is 0.580. The first-order valence-electron chi connectivity index (χ1n) is 5.68. The highest BCUT2D eigenvalue weighted by atomic mass is 16.2. The molecule has 17 heavy (non-hydrogen) atoms. The minimum absolute atomic E-state index is 0.239. The van der Waals surface area contributed by atoms with Crippen LogP contribution < -0.4 is 11.4 Å². The third-order valence-corrected chi connectivity index (χ3v) is 3.15. The highest BCUT2D eigenvalue weighted by Crippen LogP contribution is 2.06. The smallest absolute Gasteiger partial charge is 0.246 e. The Bertz CT molecular complexity index is 638. The molecule has 0 aliphatic carbocycles. The van der Waals surface area contributed by atoms with Crippen molar-refractivity contribution in [3.63, 3.8) is 0 Å². The number of hydrogen-bond donors (Lipinski definition) is 0. The molecule has 0 atom stereocenters. The molecule has 0 N–H and O–H groups in total. The van der Waals surface area contributed by atoms with E-state index in [1.165, 1.54) is 13.9 Å². The highest BCUT2D eigenvalue weighted by Gasteiger charge is 2.20. The normalized spacial score (nSPS) is 13.9. The van der Waals surface area contributed by atoms with E-state index in [4.69, 9.17) is 0 Å². The zero-order valence-electron chi connectivity index (χ0n) is 9.59. The molecule has 1 aromatic heterocycles. The maximum atomic E-state index is 12.1. The van der Waals surface area contributed by atoms with Crippen LogP contribution in [0.5, 0.6) is 0 Å². The lowest BCUT2D eigenvalue weighted by Gasteiger charge is -1.99. The summed E-state index contributed by atoms with van der Waals surface area (Å²) in [5.41, 5.74) is 1.27. The first-order chi connectivity index (χ1) is 8.18. The van der Waals surface area contributed by atoms with Crippen LogP contribution in [0.2, 0.25) is 0 Å². The summed E-state index contributed by atoms with van der Waals surface area (Å²) in [6.45, 7) is 3.24. The molecule has 0 fully saturated rings. The van der Waals surface area contributed by atoms with Gasteiger partial charge in [-0.1, -0.05) is 17.7 Å². The number of benzene rings is 1. The molecule has 0 saturated heterocycles. The Balaban J connectivity index is 2.26. The molecule has 3 rings (SSSR count). The molecule has 2 aromatic rings. The summed E-state index contributed by atoms with van der Waals surface area (Å²) in [5.74, 6) is 0. The third kappa shape index (κ3) is 1.39. The van der Waals surface area contributed by atoms with E-state index < -0.39 is 0 Å². The fraction of sp³-hybridized carbons (Fsp3) is 0.333. The van der Waals surface area contributed by atoms with Gasteiger partial charge in [-0.2, -0.15) is 0 Å². The Morgan fingerprint density at radius 3 is 2.00 bits per heavy atom. The third-order valence-electron chi connectivity index (χ3n) is 3.15. The molecule has 0 spiro atoms. The summed E-state index contributed by atoms with van der Waals surface area (Å²) in [6, 6.07) is 7.39. The van der Waals surface area contributed by atoms with E-state index in [0.717, 1.165) is 12.0 Å². The van der Waals surface area contributed by atoms with Gasteiger partial charge in [0, 0.05) is 13.1 Å². The lowest BCUT2D eigenvalue weighted by Crippen LogP contribution is -2.28. The van der Waals surface area contributed by atoms with Crippen molar-refractivity contribution >= 4 is 0 Å². The van der Waals surface area contributed by atoms with E-state index in [-0.39, 0.29) is 11.4 Å². The van der Waals surface area contributed by atoms with E-state index >= 15 is 0 Å². The summed E-state index contributed by atoms with van der Waals surface area (Å²) in [7, 11) is 0. The molecule has 2 heterocycles. The summed E-state index contributed by atoms with van der Waals surface area (Å²) in [6.07, 6.45) is 0.860. The fourth-order valence-corrected chi connectivity index (χ4v) is 2.24. The van der Waals surface area contributed by atoms with Crippen molar-refractivity contribution in [3.05, 3.63) is 50.8 Å². The van der Waals surface area contributed by atoms with Crippen LogP contribution in [0.3, 0.4) is 0 Å². The van der Waals surface area contributed by atoms with Crippen LogP contribution in [0.25, 0.3) is 5.69 Å². The molecule has 0 radical (unpaired) electrons. The van der Waals surface area contributed by atoms with Crippen molar-refractivity contribution < 1.29 is 0 Å². The van der Waals surface area contributed by atoms with E-state index in [2.05, 4.69) is 0 Å². The molecule has 1 aliphatic rings. The molecule has 0 bridgehead atoms. The lowest BCUT2D eigenvalue weighted by atomic mass is 10.2. The van der Waals surface area contributed by atoms with Crippen molar-refractivity contribution in [2.45, 2.75) is 26.4 Å². The molecule has 0 saturated carbocycles. The molecule has 5 heteroatoms. The number of nitrogens with zero attached hydrogens (tertiary/aromatic N) is 3. The number of hydrogen-bond acceptors (Lipinski definition) is 2. The number of fused-ring (bicyclic) bond motifs is 1. The second-order valence-electron chi connectivity index (χ2n) is 4.34. The highest BCUT2D eigenvalue weighted by molar-refractivity contribution is 5.33. The molecule has 0 amide bonds. The van der Waals surface area contributed by atoms with Crippen LogP contribution in [0.15, 0.2) is 33.9 Å². The van der Waals surface area contributed by atoms with Crippen LogP contribution in [0.4, 0.5) is 0 Å². The second kappa shape index (κ2) is 3.48. The van der Waals surface area contributed by atoms with Crippen LogP contribution in [0, 0.1) is 6.92 Å². The van der Waals surface area contributed by atoms with Crippen molar-refractivity contribution in [1.29, 1.82) is 0 Å². The van der Waals surface area contributed by atoms with Gasteiger partial charge < -0.3 is 0 Å². The van der Waals surface area contributed by atoms with Gasteiger partial charge in [-0.15, -0.1) is 0 Å². The van der Waals surface area contributed by atoms with Gasteiger partial charge in [0.2, 0.25) is 0 Å². The number of aryl methyl sites for hydroxylation is 1. The Morgan fingerprint density at radius 2 is 1.47 bits per heavy atom. The molecule has 5 nitrogen and oxygen atoms in total. The monoisotopic (exact) mass is 231 g/mol. The maximum absolute atomic E-state index is 12.1. The van der Waals surface area contributed by atoms with Crippen LogP contribution >= 0.6 is 0 Å². The van der Waals surface area contributed by atoms with Crippen molar-refractivity contribution in [2.24, 2.45) is 0 Å². The van der Waals surface area contributed by atoms with Crippen molar-refractivity contribution in [1.82, 2.24) is 13.9 Å². The van der Waals surface area contributed by atoms with Crippen molar-refractivity contribution in [3.8, 4) is 5.69 Å². The summed E-state index contributed by atoms with van der Waals surface area (Å²) >= 11 is 0. The Kier molecular flexibility index (Phi) is 2.07. The topological polar surface area (TPSA) is 48.9 Å². The van der Waals surface area contributed by atoms with Gasteiger partial charge in [-0.25, -0.2) is 23.5 Å². The zero-order chi connectivity index (χ0) is 12.0. The van der Waals surface area contributed by atoms with Gasteiger partial charge in [0.25, 0.3) is 0 Å². The van der Waals surface area contributed by atoms with Crippen LogP contribution in [0.1, 0.15) is 12.0 Å². The minimum atomic E-state index is -0.239. The molecular weight excluding hydrogens is 218 g/mol. The molecular formula is C12H13N3O2. The Labute approximate surface area is 97.5 Å². The molecule has 1 aliphatic heterocycles. The summed E-state index contributed by atoms with van der Waals surface area (Å²) < 4.78 is 4.27.